The molecule has 22 heavy (non-hydrogen) atoms. The van der Waals surface area contributed by atoms with Crippen molar-refractivity contribution in [2.75, 3.05) is 0 Å². The van der Waals surface area contributed by atoms with Crippen LogP contribution in [0.25, 0.3) is 0 Å². The molecule has 3 heteroatoms. The number of halogens is 3. The van der Waals surface area contributed by atoms with Crippen LogP contribution in [0, 0.1) is 17.8 Å². The predicted octanol–water partition coefficient (Wildman–Crippen LogP) is 6.35. The minimum absolute atomic E-state index is 0.0327. The fourth-order valence-corrected chi connectivity index (χ4v) is 5.22. The molecule has 0 aromatic heterocycles. The van der Waals surface area contributed by atoms with E-state index >= 15 is 13.2 Å². The summed E-state index contributed by atoms with van der Waals surface area (Å²) in [4.78, 5) is 0. The van der Waals surface area contributed by atoms with Crippen LogP contribution in [0.4, 0.5) is 13.2 Å². The van der Waals surface area contributed by atoms with E-state index in [1.165, 1.54) is 13.0 Å². The lowest BCUT2D eigenvalue weighted by molar-refractivity contribution is -0.144. The van der Waals surface area contributed by atoms with Gasteiger partial charge in [-0.05, 0) is 69.8 Å². The Morgan fingerprint density at radius 2 is 1.77 bits per heavy atom. The first-order valence-electron chi connectivity index (χ1n) is 8.96. The van der Waals surface area contributed by atoms with E-state index in [1.54, 1.807) is 13.8 Å². The predicted molar refractivity (Wildman–Crippen MR) is 86.1 cm³/mol. The second kappa shape index (κ2) is 6.20. The Bertz CT molecular complexity index is 417. The van der Waals surface area contributed by atoms with Gasteiger partial charge < -0.3 is 0 Å². The first-order chi connectivity index (χ1) is 10.3. The zero-order chi connectivity index (χ0) is 16.6. The first-order valence-corrected chi connectivity index (χ1v) is 8.96. The zero-order valence-corrected chi connectivity index (χ0v) is 14.5. The normalized spacial score (nSPS) is 36.2. The van der Waals surface area contributed by atoms with Crippen molar-refractivity contribution in [1.29, 1.82) is 0 Å². The Kier molecular flexibility index (Phi) is 5.04. The molecule has 0 aromatic rings. The summed E-state index contributed by atoms with van der Waals surface area (Å²) < 4.78 is 47.3. The summed E-state index contributed by atoms with van der Waals surface area (Å²) in [6.45, 7) is 6.38. The van der Waals surface area contributed by atoms with Gasteiger partial charge in [0.25, 0.3) is 0 Å². The molecular weight excluding hydrogens is 285 g/mol. The van der Waals surface area contributed by atoms with Gasteiger partial charge in [-0.25, -0.2) is 13.2 Å². The maximum atomic E-state index is 16.1. The lowest BCUT2D eigenvalue weighted by Gasteiger charge is -2.49. The summed E-state index contributed by atoms with van der Waals surface area (Å²) >= 11 is 0. The van der Waals surface area contributed by atoms with Gasteiger partial charge in [-0.2, -0.15) is 0 Å². The van der Waals surface area contributed by atoms with Gasteiger partial charge in [0.2, 0.25) is 0 Å². The van der Waals surface area contributed by atoms with Gasteiger partial charge in [0, 0.05) is 0 Å². The maximum absolute atomic E-state index is 16.1. The third-order valence-electron chi connectivity index (χ3n) is 6.32. The molecule has 0 aliphatic heterocycles. The van der Waals surface area contributed by atoms with Crippen molar-refractivity contribution in [3.8, 4) is 0 Å². The molecule has 0 spiro atoms. The van der Waals surface area contributed by atoms with Gasteiger partial charge in [-0.3, -0.25) is 0 Å². The fraction of sp³-hybridized carbons (Fsp3) is 0.895. The van der Waals surface area contributed by atoms with Gasteiger partial charge in [0.15, 0.2) is 11.3 Å². The molecule has 6 unspecified atom stereocenters. The molecule has 2 aliphatic carbocycles. The summed E-state index contributed by atoms with van der Waals surface area (Å²) in [6.07, 6.45) is 7.05. The average molecular weight is 316 g/mol. The minimum Gasteiger partial charge on any atom is -0.240 e. The summed E-state index contributed by atoms with van der Waals surface area (Å²) in [5.41, 5.74) is -6.84. The van der Waals surface area contributed by atoms with Gasteiger partial charge in [0.05, 0.1) is 0 Å². The summed E-state index contributed by atoms with van der Waals surface area (Å²) in [5.74, 6) is 0.403. The average Bonchev–Trinajstić information content (AvgIpc) is 3.09. The molecule has 2 rings (SSSR count). The Labute approximate surface area is 133 Å². The molecule has 0 aromatic carbocycles. The largest absolute Gasteiger partial charge is 0.240 e. The van der Waals surface area contributed by atoms with E-state index in [4.69, 9.17) is 0 Å². The van der Waals surface area contributed by atoms with E-state index in [1.807, 2.05) is 6.92 Å². The number of fused-ring (bicyclic) bond motifs is 2. The highest BCUT2D eigenvalue weighted by Crippen LogP contribution is 2.60. The number of hydrogen-bond acceptors (Lipinski definition) is 0. The molecule has 128 valence electrons. The van der Waals surface area contributed by atoms with Crippen LogP contribution in [-0.4, -0.2) is 17.0 Å². The highest BCUT2D eigenvalue weighted by atomic mass is 19.2. The number of hydrogen-bond donors (Lipinski definition) is 0. The summed E-state index contributed by atoms with van der Waals surface area (Å²) in [5, 5.41) is 0. The fourth-order valence-electron chi connectivity index (χ4n) is 5.22. The third kappa shape index (κ3) is 2.53. The van der Waals surface area contributed by atoms with Crippen LogP contribution < -0.4 is 0 Å². The van der Waals surface area contributed by atoms with Gasteiger partial charge in [-0.15, -0.1) is 0 Å². The van der Waals surface area contributed by atoms with Gasteiger partial charge in [-0.1, -0.05) is 32.8 Å². The molecule has 0 N–H and O–H groups in total. The summed E-state index contributed by atoms with van der Waals surface area (Å²) in [7, 11) is 0. The molecule has 0 nitrogen and oxygen atoms in total. The molecule has 0 heterocycles. The molecular formula is C19H31F3. The van der Waals surface area contributed by atoms with E-state index in [2.05, 4.69) is 0 Å². The highest BCUT2D eigenvalue weighted by Gasteiger charge is 2.67. The molecule has 2 bridgehead atoms. The Hall–Kier alpha value is -0.470. The van der Waals surface area contributed by atoms with Crippen LogP contribution >= 0.6 is 0 Å². The van der Waals surface area contributed by atoms with Crippen molar-refractivity contribution >= 4 is 0 Å². The number of rotatable bonds is 7. The minimum atomic E-state index is -2.55. The lowest BCUT2D eigenvalue weighted by Crippen LogP contribution is -2.62. The van der Waals surface area contributed by atoms with Crippen molar-refractivity contribution in [1.82, 2.24) is 0 Å². The van der Waals surface area contributed by atoms with E-state index in [9.17, 15) is 0 Å². The van der Waals surface area contributed by atoms with Crippen LogP contribution in [-0.2, 0) is 0 Å². The topological polar surface area (TPSA) is 0 Å². The van der Waals surface area contributed by atoms with Crippen LogP contribution in [0.15, 0.2) is 12.2 Å². The van der Waals surface area contributed by atoms with Crippen molar-refractivity contribution in [2.45, 2.75) is 89.6 Å². The first kappa shape index (κ1) is 17.9. The third-order valence-corrected chi connectivity index (χ3v) is 6.32. The Balaban J connectivity index is 2.43. The summed E-state index contributed by atoms with van der Waals surface area (Å²) in [6, 6.07) is 0. The molecule has 2 fully saturated rings. The Morgan fingerprint density at radius 1 is 1.09 bits per heavy atom. The van der Waals surface area contributed by atoms with Crippen molar-refractivity contribution in [3.05, 3.63) is 12.2 Å². The van der Waals surface area contributed by atoms with Crippen LogP contribution in [0.5, 0.6) is 0 Å². The molecule has 0 saturated heterocycles. The SMILES string of the molecule is C/C=C/C(F)(C(C)(F)CCC)C(F)(CC)C1CC2CCC1C2. The quantitative estimate of drug-likeness (QED) is 0.480. The van der Waals surface area contributed by atoms with E-state index < -0.39 is 17.0 Å². The second-order valence-corrected chi connectivity index (χ2v) is 7.66. The Morgan fingerprint density at radius 3 is 2.18 bits per heavy atom. The highest BCUT2D eigenvalue weighted by molar-refractivity contribution is 5.24. The van der Waals surface area contributed by atoms with Crippen LogP contribution in [0.3, 0.4) is 0 Å². The monoisotopic (exact) mass is 316 g/mol. The van der Waals surface area contributed by atoms with Crippen molar-refractivity contribution < 1.29 is 13.2 Å². The number of alkyl halides is 3. The van der Waals surface area contributed by atoms with Crippen LogP contribution in [0.1, 0.15) is 72.6 Å². The number of allylic oxidation sites excluding steroid dienone is 2. The van der Waals surface area contributed by atoms with E-state index in [-0.39, 0.29) is 24.7 Å². The van der Waals surface area contributed by atoms with Crippen molar-refractivity contribution in [3.63, 3.8) is 0 Å². The lowest BCUT2D eigenvalue weighted by atomic mass is 9.63. The second-order valence-electron chi connectivity index (χ2n) is 7.66. The standard InChI is InChI=1S/C19H31F3/c1-5-10-17(4,20)19(22,11-6-2)18(21,7-3)16-13-14-8-9-15(16)12-14/h6,11,14-16H,5,7-10,12-13H2,1-4H3/b11-6+. The molecule has 0 amide bonds. The van der Waals surface area contributed by atoms with Crippen molar-refractivity contribution in [2.24, 2.45) is 17.8 Å². The van der Waals surface area contributed by atoms with E-state index in [0.717, 1.165) is 31.8 Å². The van der Waals surface area contributed by atoms with E-state index in [0.29, 0.717) is 12.3 Å². The molecule has 0 radical (unpaired) electrons. The van der Waals surface area contributed by atoms with Gasteiger partial charge in [0.1, 0.15) is 5.67 Å². The maximum Gasteiger partial charge on any atom is 0.196 e. The van der Waals surface area contributed by atoms with Gasteiger partial charge >= 0.3 is 0 Å². The molecule has 2 saturated carbocycles. The molecule has 6 atom stereocenters. The zero-order valence-electron chi connectivity index (χ0n) is 14.5. The smallest absolute Gasteiger partial charge is 0.196 e. The molecule has 2 aliphatic rings. The van der Waals surface area contributed by atoms with Crippen LogP contribution in [0.2, 0.25) is 0 Å².